The van der Waals surface area contributed by atoms with Gasteiger partial charge in [-0.05, 0) is 41.6 Å². The predicted molar refractivity (Wildman–Crippen MR) is 96.2 cm³/mol. The van der Waals surface area contributed by atoms with Crippen LogP contribution in [0.1, 0.15) is 30.0 Å². The topological polar surface area (TPSA) is 67.1 Å². The molecular formula is C19H23N5O. The van der Waals surface area contributed by atoms with E-state index in [0.29, 0.717) is 13.1 Å². The van der Waals surface area contributed by atoms with Crippen LogP contribution in [0.2, 0.25) is 0 Å². The van der Waals surface area contributed by atoms with Gasteiger partial charge in [-0.3, -0.25) is 4.90 Å². The standard InChI is InChI=1S/C19H23N5O/c1-3-23(13-18(25)16-11-9-15(2)10-12-16)14-19-20-21-22-24(19)17-7-5-4-6-8-17/h4-12,18,25H,3,13-14H2,1-2H3. The summed E-state index contributed by atoms with van der Waals surface area (Å²) in [4.78, 5) is 2.13. The Morgan fingerprint density at radius 2 is 1.80 bits per heavy atom. The average Bonchev–Trinajstić information content (AvgIpc) is 3.10. The molecule has 3 rings (SSSR count). The Morgan fingerprint density at radius 3 is 2.48 bits per heavy atom. The highest BCUT2D eigenvalue weighted by Gasteiger charge is 2.16. The molecule has 1 aromatic heterocycles. The maximum absolute atomic E-state index is 10.5. The maximum Gasteiger partial charge on any atom is 0.170 e. The van der Waals surface area contributed by atoms with Gasteiger partial charge in [0.2, 0.25) is 0 Å². The molecule has 0 bridgehead atoms. The van der Waals surface area contributed by atoms with Crippen molar-refractivity contribution in [2.75, 3.05) is 13.1 Å². The second-order valence-corrected chi connectivity index (χ2v) is 6.10. The minimum Gasteiger partial charge on any atom is -0.387 e. The lowest BCUT2D eigenvalue weighted by atomic mass is 10.1. The van der Waals surface area contributed by atoms with Crippen LogP contribution in [0.25, 0.3) is 5.69 Å². The lowest BCUT2D eigenvalue weighted by Crippen LogP contribution is -2.29. The van der Waals surface area contributed by atoms with E-state index in [4.69, 9.17) is 0 Å². The summed E-state index contributed by atoms with van der Waals surface area (Å²) < 4.78 is 1.74. The number of aliphatic hydroxyl groups excluding tert-OH is 1. The number of aryl methyl sites for hydroxylation is 1. The summed E-state index contributed by atoms with van der Waals surface area (Å²) in [7, 11) is 0. The number of benzene rings is 2. The van der Waals surface area contributed by atoms with E-state index in [1.54, 1.807) is 4.68 Å². The Kier molecular flexibility index (Phi) is 5.53. The van der Waals surface area contributed by atoms with Crippen LogP contribution in [0.3, 0.4) is 0 Å². The van der Waals surface area contributed by atoms with Crippen molar-refractivity contribution in [3.63, 3.8) is 0 Å². The van der Waals surface area contributed by atoms with Crippen LogP contribution in [0.5, 0.6) is 0 Å². The number of para-hydroxylation sites is 1. The molecule has 0 saturated carbocycles. The summed E-state index contributed by atoms with van der Waals surface area (Å²) in [6, 6.07) is 17.8. The quantitative estimate of drug-likeness (QED) is 0.717. The number of rotatable bonds is 7. The van der Waals surface area contributed by atoms with Crippen LogP contribution in [-0.4, -0.2) is 43.3 Å². The van der Waals surface area contributed by atoms with Gasteiger partial charge in [0.1, 0.15) is 0 Å². The van der Waals surface area contributed by atoms with E-state index in [-0.39, 0.29) is 0 Å². The van der Waals surface area contributed by atoms with Gasteiger partial charge < -0.3 is 5.11 Å². The van der Waals surface area contributed by atoms with E-state index in [1.807, 2.05) is 61.5 Å². The van der Waals surface area contributed by atoms with E-state index in [9.17, 15) is 5.11 Å². The highest BCUT2D eigenvalue weighted by Crippen LogP contribution is 2.16. The monoisotopic (exact) mass is 337 g/mol. The highest BCUT2D eigenvalue weighted by molar-refractivity contribution is 5.30. The van der Waals surface area contributed by atoms with Crippen LogP contribution >= 0.6 is 0 Å². The van der Waals surface area contributed by atoms with Crippen molar-refractivity contribution in [1.29, 1.82) is 0 Å². The van der Waals surface area contributed by atoms with E-state index in [1.165, 1.54) is 5.56 Å². The fourth-order valence-electron chi connectivity index (χ4n) is 2.72. The molecule has 1 unspecified atom stereocenters. The zero-order valence-electron chi connectivity index (χ0n) is 14.6. The first kappa shape index (κ1) is 17.3. The molecule has 6 heteroatoms. The van der Waals surface area contributed by atoms with Gasteiger partial charge in [-0.2, -0.15) is 4.68 Å². The molecule has 0 amide bonds. The van der Waals surface area contributed by atoms with Crippen molar-refractivity contribution in [2.45, 2.75) is 26.5 Å². The number of aliphatic hydroxyl groups is 1. The first-order chi connectivity index (χ1) is 12.2. The molecule has 3 aromatic rings. The predicted octanol–water partition coefficient (Wildman–Crippen LogP) is 2.53. The molecule has 0 radical (unpaired) electrons. The van der Waals surface area contributed by atoms with Crippen LogP contribution in [0, 0.1) is 6.92 Å². The lowest BCUT2D eigenvalue weighted by molar-refractivity contribution is 0.110. The minimum absolute atomic E-state index is 0.529. The van der Waals surface area contributed by atoms with Gasteiger partial charge in [0, 0.05) is 6.54 Å². The first-order valence-electron chi connectivity index (χ1n) is 8.47. The largest absolute Gasteiger partial charge is 0.387 e. The summed E-state index contributed by atoms with van der Waals surface area (Å²) in [5.41, 5.74) is 3.04. The van der Waals surface area contributed by atoms with Gasteiger partial charge in [0.05, 0.1) is 18.3 Å². The zero-order valence-corrected chi connectivity index (χ0v) is 14.6. The van der Waals surface area contributed by atoms with Crippen molar-refractivity contribution in [3.8, 4) is 5.69 Å². The second kappa shape index (κ2) is 8.00. The average molecular weight is 337 g/mol. The molecule has 0 saturated heterocycles. The maximum atomic E-state index is 10.5. The highest BCUT2D eigenvalue weighted by atomic mass is 16.3. The number of hydrogen-bond acceptors (Lipinski definition) is 5. The smallest absolute Gasteiger partial charge is 0.170 e. The number of aromatic nitrogens is 4. The third-order valence-electron chi connectivity index (χ3n) is 4.24. The molecule has 0 aliphatic carbocycles. The molecule has 1 heterocycles. The number of likely N-dealkylation sites (N-methyl/N-ethyl adjacent to an activating group) is 1. The fraction of sp³-hybridized carbons (Fsp3) is 0.316. The molecular weight excluding hydrogens is 314 g/mol. The zero-order chi connectivity index (χ0) is 17.6. The molecule has 6 nitrogen and oxygen atoms in total. The van der Waals surface area contributed by atoms with Crippen LogP contribution in [0.15, 0.2) is 54.6 Å². The van der Waals surface area contributed by atoms with Crippen molar-refractivity contribution >= 4 is 0 Å². The summed E-state index contributed by atoms with van der Waals surface area (Å²) in [5.74, 6) is 0.754. The van der Waals surface area contributed by atoms with Gasteiger partial charge in [0.15, 0.2) is 5.82 Å². The SMILES string of the molecule is CCN(Cc1nnnn1-c1ccccc1)CC(O)c1ccc(C)cc1. The van der Waals surface area contributed by atoms with E-state index in [2.05, 4.69) is 27.3 Å². The van der Waals surface area contributed by atoms with E-state index >= 15 is 0 Å². The van der Waals surface area contributed by atoms with Crippen LogP contribution in [0.4, 0.5) is 0 Å². The number of tetrazole rings is 1. The van der Waals surface area contributed by atoms with Gasteiger partial charge in [0.25, 0.3) is 0 Å². The summed E-state index contributed by atoms with van der Waals surface area (Å²) in [6.45, 7) is 6.00. The number of nitrogens with zero attached hydrogens (tertiary/aromatic N) is 5. The Morgan fingerprint density at radius 1 is 1.08 bits per heavy atom. The van der Waals surface area contributed by atoms with Crippen molar-refractivity contribution in [3.05, 3.63) is 71.5 Å². The third kappa shape index (κ3) is 4.29. The minimum atomic E-state index is -0.540. The molecule has 130 valence electrons. The lowest BCUT2D eigenvalue weighted by Gasteiger charge is -2.23. The van der Waals surface area contributed by atoms with Crippen LogP contribution < -0.4 is 0 Å². The van der Waals surface area contributed by atoms with Gasteiger partial charge in [-0.25, -0.2) is 0 Å². The van der Waals surface area contributed by atoms with Crippen molar-refractivity contribution in [2.24, 2.45) is 0 Å². The van der Waals surface area contributed by atoms with Gasteiger partial charge >= 0.3 is 0 Å². The summed E-state index contributed by atoms with van der Waals surface area (Å²) in [6.07, 6.45) is -0.540. The molecule has 25 heavy (non-hydrogen) atoms. The second-order valence-electron chi connectivity index (χ2n) is 6.10. The molecule has 0 fully saturated rings. The normalized spacial score (nSPS) is 12.5. The molecule has 0 aliphatic rings. The van der Waals surface area contributed by atoms with E-state index < -0.39 is 6.10 Å². The van der Waals surface area contributed by atoms with Crippen molar-refractivity contribution < 1.29 is 5.11 Å². The Balaban J connectivity index is 1.71. The molecule has 1 N–H and O–H groups in total. The Labute approximate surface area is 147 Å². The summed E-state index contributed by atoms with van der Waals surface area (Å²) >= 11 is 0. The van der Waals surface area contributed by atoms with Gasteiger partial charge in [-0.1, -0.05) is 55.0 Å². The molecule has 0 spiro atoms. The molecule has 0 aliphatic heterocycles. The fourth-order valence-corrected chi connectivity index (χ4v) is 2.72. The third-order valence-corrected chi connectivity index (χ3v) is 4.24. The summed E-state index contributed by atoms with van der Waals surface area (Å²) in [5, 5.41) is 22.6. The van der Waals surface area contributed by atoms with Crippen molar-refractivity contribution in [1.82, 2.24) is 25.1 Å². The molecule has 1 atom stereocenters. The Bertz CT molecular complexity index is 785. The Hall–Kier alpha value is -2.57. The van der Waals surface area contributed by atoms with Crippen LogP contribution in [-0.2, 0) is 6.54 Å². The molecule has 2 aromatic carbocycles. The number of hydrogen-bond donors (Lipinski definition) is 1. The van der Waals surface area contributed by atoms with Gasteiger partial charge in [-0.15, -0.1) is 5.10 Å². The van der Waals surface area contributed by atoms with E-state index in [0.717, 1.165) is 23.6 Å². The first-order valence-corrected chi connectivity index (χ1v) is 8.47.